The molecule has 0 amide bonds. The topological polar surface area (TPSA) is 89.8 Å². The van der Waals surface area contributed by atoms with Gasteiger partial charge in [0.1, 0.15) is 11.2 Å². The summed E-state index contributed by atoms with van der Waals surface area (Å²) in [6.07, 6.45) is -3.34. The molecule has 2 aromatic carbocycles. The van der Waals surface area contributed by atoms with Gasteiger partial charge in [-0.05, 0) is 52.9 Å². The summed E-state index contributed by atoms with van der Waals surface area (Å²) in [5, 5.41) is 10.3. The Morgan fingerprint density at radius 2 is 1.77 bits per heavy atom. The third-order valence-electron chi connectivity index (χ3n) is 3.28. The van der Waals surface area contributed by atoms with E-state index in [2.05, 4.69) is 20.2 Å². The first kappa shape index (κ1) is 18.1. The maximum absolute atomic E-state index is 12.8. The van der Waals surface area contributed by atoms with Gasteiger partial charge in [-0.15, -0.1) is 5.10 Å². The lowest BCUT2D eigenvalue weighted by atomic mass is 10.2. The average Bonchev–Trinajstić information content (AvgIpc) is 3.09. The van der Waals surface area contributed by atoms with Gasteiger partial charge in [-0.2, -0.15) is 13.2 Å². The fourth-order valence-electron chi connectivity index (χ4n) is 2.06. The summed E-state index contributed by atoms with van der Waals surface area (Å²) in [5.41, 5.74) is -0.415. The molecular weight excluding hydrogens is 395 g/mol. The van der Waals surface area contributed by atoms with E-state index in [-0.39, 0.29) is 10.7 Å². The first-order valence-electron chi connectivity index (χ1n) is 6.90. The molecule has 0 aliphatic rings. The number of nitrogens with zero attached hydrogens (tertiary/aromatic N) is 4. The standard InChI is InChI=1S/C14H9ClF3N5O2S/c15-12-6-1-9(14(16,17)18)7-13(12)26(24,25)20-10-2-4-11(5-3-10)23-8-19-21-22-23/h1-8,20H. The quantitative estimate of drug-likeness (QED) is 0.722. The molecule has 136 valence electrons. The van der Waals surface area contributed by atoms with Crippen LogP contribution in [0.3, 0.4) is 0 Å². The number of nitrogens with one attached hydrogen (secondary N) is 1. The first-order valence-corrected chi connectivity index (χ1v) is 8.76. The van der Waals surface area contributed by atoms with Gasteiger partial charge in [0.25, 0.3) is 10.0 Å². The number of sulfonamides is 1. The SMILES string of the molecule is O=S(=O)(Nc1ccc(-n2cnnn2)cc1)c1cc(C(F)(F)F)ccc1Cl. The van der Waals surface area contributed by atoms with Crippen molar-refractivity contribution in [1.82, 2.24) is 20.2 Å². The van der Waals surface area contributed by atoms with Gasteiger partial charge in [-0.3, -0.25) is 4.72 Å². The van der Waals surface area contributed by atoms with Crippen molar-refractivity contribution in [1.29, 1.82) is 0 Å². The first-order chi connectivity index (χ1) is 12.2. The Hall–Kier alpha value is -2.66. The van der Waals surface area contributed by atoms with Crippen LogP contribution in [0.2, 0.25) is 5.02 Å². The van der Waals surface area contributed by atoms with E-state index < -0.39 is 26.7 Å². The summed E-state index contributed by atoms with van der Waals surface area (Å²) in [7, 11) is -4.32. The Balaban J connectivity index is 1.90. The minimum Gasteiger partial charge on any atom is -0.280 e. The fraction of sp³-hybridized carbons (Fsp3) is 0.0714. The van der Waals surface area contributed by atoms with Crippen molar-refractivity contribution in [3.8, 4) is 5.69 Å². The molecule has 12 heteroatoms. The highest BCUT2D eigenvalue weighted by atomic mass is 35.5. The van der Waals surface area contributed by atoms with Gasteiger partial charge in [0, 0.05) is 5.69 Å². The number of aromatic nitrogens is 4. The van der Waals surface area contributed by atoms with Crippen molar-refractivity contribution in [2.24, 2.45) is 0 Å². The van der Waals surface area contributed by atoms with Gasteiger partial charge in [0.15, 0.2) is 0 Å². The molecule has 0 saturated carbocycles. The smallest absolute Gasteiger partial charge is 0.280 e. The van der Waals surface area contributed by atoms with Crippen molar-refractivity contribution in [3.05, 3.63) is 59.4 Å². The van der Waals surface area contributed by atoms with Crippen LogP contribution in [0, 0.1) is 0 Å². The summed E-state index contributed by atoms with van der Waals surface area (Å²) in [4.78, 5) is -0.668. The van der Waals surface area contributed by atoms with E-state index in [1.54, 1.807) is 0 Å². The van der Waals surface area contributed by atoms with E-state index in [9.17, 15) is 21.6 Å². The van der Waals surface area contributed by atoms with Crippen LogP contribution < -0.4 is 4.72 Å². The van der Waals surface area contributed by atoms with Crippen molar-refractivity contribution in [2.45, 2.75) is 11.1 Å². The maximum atomic E-state index is 12.8. The molecule has 0 spiro atoms. The van der Waals surface area contributed by atoms with Gasteiger partial charge in [0.05, 0.1) is 16.3 Å². The van der Waals surface area contributed by atoms with Gasteiger partial charge < -0.3 is 0 Å². The third kappa shape index (κ3) is 3.78. The van der Waals surface area contributed by atoms with Crippen molar-refractivity contribution < 1.29 is 21.6 Å². The van der Waals surface area contributed by atoms with E-state index in [0.717, 1.165) is 6.07 Å². The van der Waals surface area contributed by atoms with Gasteiger partial charge in [-0.1, -0.05) is 11.6 Å². The van der Waals surface area contributed by atoms with Crippen LogP contribution in [-0.2, 0) is 16.2 Å². The van der Waals surface area contributed by atoms with E-state index in [1.807, 2.05) is 0 Å². The molecule has 0 saturated heterocycles. The zero-order valence-electron chi connectivity index (χ0n) is 12.6. The second kappa shape index (κ2) is 6.57. The molecule has 3 aromatic rings. The molecule has 0 bridgehead atoms. The third-order valence-corrected chi connectivity index (χ3v) is 5.14. The highest BCUT2D eigenvalue weighted by Gasteiger charge is 2.32. The molecule has 0 radical (unpaired) electrons. The summed E-state index contributed by atoms with van der Waals surface area (Å²) in [5.74, 6) is 0. The van der Waals surface area contributed by atoms with Crippen molar-refractivity contribution in [2.75, 3.05) is 4.72 Å². The Morgan fingerprint density at radius 3 is 2.35 bits per heavy atom. The normalized spacial score (nSPS) is 12.2. The minimum atomic E-state index is -4.69. The zero-order valence-corrected chi connectivity index (χ0v) is 14.2. The van der Waals surface area contributed by atoms with Crippen LogP contribution in [0.25, 0.3) is 5.69 Å². The molecule has 0 unspecified atom stereocenters. The van der Waals surface area contributed by atoms with Crippen molar-refractivity contribution in [3.63, 3.8) is 0 Å². The predicted molar refractivity (Wildman–Crippen MR) is 86.4 cm³/mol. The molecule has 7 nitrogen and oxygen atoms in total. The van der Waals surface area contributed by atoms with E-state index >= 15 is 0 Å². The number of hydrogen-bond donors (Lipinski definition) is 1. The maximum Gasteiger partial charge on any atom is 0.416 e. The van der Waals surface area contributed by atoms with Gasteiger partial charge >= 0.3 is 6.18 Å². The monoisotopic (exact) mass is 403 g/mol. The number of hydrogen-bond acceptors (Lipinski definition) is 5. The van der Waals surface area contributed by atoms with Crippen LogP contribution in [0.1, 0.15) is 5.56 Å². The van der Waals surface area contributed by atoms with E-state index in [0.29, 0.717) is 17.8 Å². The lowest BCUT2D eigenvalue weighted by Gasteiger charge is -2.13. The Morgan fingerprint density at radius 1 is 1.08 bits per heavy atom. The Labute approximate surface area is 150 Å². The molecule has 1 heterocycles. The lowest BCUT2D eigenvalue weighted by Crippen LogP contribution is -2.15. The van der Waals surface area contributed by atoms with Crippen LogP contribution in [0.5, 0.6) is 0 Å². The molecule has 0 fully saturated rings. The second-order valence-electron chi connectivity index (χ2n) is 5.05. The van der Waals surface area contributed by atoms with Crippen LogP contribution in [-0.4, -0.2) is 28.6 Å². The summed E-state index contributed by atoms with van der Waals surface area (Å²) in [6.45, 7) is 0. The highest BCUT2D eigenvalue weighted by Crippen LogP contribution is 2.34. The number of anilines is 1. The van der Waals surface area contributed by atoms with E-state index in [4.69, 9.17) is 11.6 Å². The number of alkyl halides is 3. The van der Waals surface area contributed by atoms with Crippen LogP contribution >= 0.6 is 11.6 Å². The number of benzene rings is 2. The van der Waals surface area contributed by atoms with E-state index in [1.165, 1.54) is 35.3 Å². The minimum absolute atomic E-state index is 0.135. The van der Waals surface area contributed by atoms with Crippen molar-refractivity contribution >= 4 is 27.3 Å². The summed E-state index contributed by atoms with van der Waals surface area (Å²) >= 11 is 5.78. The summed E-state index contributed by atoms with van der Waals surface area (Å²) < 4.78 is 66.8. The average molecular weight is 404 g/mol. The number of rotatable bonds is 4. The number of tetrazole rings is 1. The fourth-order valence-corrected chi connectivity index (χ4v) is 3.64. The zero-order chi connectivity index (χ0) is 18.9. The lowest BCUT2D eigenvalue weighted by molar-refractivity contribution is -0.137. The molecule has 3 rings (SSSR count). The second-order valence-corrected chi connectivity index (χ2v) is 7.11. The highest BCUT2D eigenvalue weighted by molar-refractivity contribution is 7.92. The molecule has 1 aromatic heterocycles. The molecule has 1 N–H and O–H groups in total. The number of halogens is 4. The molecule has 0 atom stereocenters. The molecule has 26 heavy (non-hydrogen) atoms. The summed E-state index contributed by atoms with van der Waals surface area (Å²) in [6, 6.07) is 7.97. The largest absolute Gasteiger partial charge is 0.416 e. The molecular formula is C14H9ClF3N5O2S. The van der Waals surface area contributed by atoms with Crippen LogP contribution in [0.4, 0.5) is 18.9 Å². The molecule has 0 aliphatic carbocycles. The van der Waals surface area contributed by atoms with Crippen LogP contribution in [0.15, 0.2) is 53.7 Å². The predicted octanol–water partition coefficient (Wildman–Crippen LogP) is 3.14. The Bertz CT molecular complexity index is 1020. The molecule has 0 aliphatic heterocycles. The van der Waals surface area contributed by atoms with Gasteiger partial charge in [0.2, 0.25) is 0 Å². The van der Waals surface area contributed by atoms with Gasteiger partial charge in [-0.25, -0.2) is 13.1 Å². The Kier molecular flexibility index (Phi) is 4.59.